The molecular formula is C7H9N3. The van der Waals surface area contributed by atoms with Crippen molar-refractivity contribution in [3.8, 4) is 0 Å². The van der Waals surface area contributed by atoms with Crippen LogP contribution in [0.2, 0.25) is 0 Å². The molecule has 0 saturated carbocycles. The van der Waals surface area contributed by atoms with Crippen LogP contribution < -0.4 is 16.2 Å². The van der Waals surface area contributed by atoms with E-state index in [-0.39, 0.29) is 0 Å². The van der Waals surface area contributed by atoms with Gasteiger partial charge in [-0.05, 0) is 12.5 Å². The van der Waals surface area contributed by atoms with Crippen LogP contribution in [0, 0.1) is 5.92 Å². The molecule has 3 heteroatoms. The van der Waals surface area contributed by atoms with Crippen LogP contribution in [0.1, 0.15) is 6.42 Å². The van der Waals surface area contributed by atoms with Crippen LogP contribution in [-0.4, -0.2) is 6.54 Å². The van der Waals surface area contributed by atoms with Crippen molar-refractivity contribution in [3.63, 3.8) is 0 Å². The highest BCUT2D eigenvalue weighted by Crippen LogP contribution is 2.34. The monoisotopic (exact) mass is 135 g/mol. The lowest BCUT2D eigenvalue weighted by Gasteiger charge is -2.31. The molecule has 1 aliphatic carbocycles. The second-order valence-corrected chi connectivity index (χ2v) is 3.03. The summed E-state index contributed by atoms with van der Waals surface area (Å²) in [4.78, 5) is 0. The lowest BCUT2D eigenvalue weighted by atomic mass is 9.89. The molecule has 4 rings (SSSR count). The van der Waals surface area contributed by atoms with Crippen molar-refractivity contribution in [2.45, 2.75) is 6.42 Å². The first kappa shape index (κ1) is 4.79. The Hall–Kier alpha value is -0.960. The summed E-state index contributed by atoms with van der Waals surface area (Å²) >= 11 is 0. The third-order valence-corrected chi connectivity index (χ3v) is 2.35. The third kappa shape index (κ3) is 0.410. The first-order chi connectivity index (χ1) is 4.93. The summed E-state index contributed by atoms with van der Waals surface area (Å²) in [6.07, 6.45) is 3.39. The van der Waals surface area contributed by atoms with Gasteiger partial charge in [-0.15, -0.1) is 0 Å². The number of hydrazine groups is 1. The minimum absolute atomic E-state index is 0.719. The van der Waals surface area contributed by atoms with Gasteiger partial charge >= 0.3 is 0 Å². The fourth-order valence-electron chi connectivity index (χ4n) is 1.80. The molecule has 1 unspecified atom stereocenters. The van der Waals surface area contributed by atoms with Gasteiger partial charge in [-0.3, -0.25) is 0 Å². The second-order valence-electron chi connectivity index (χ2n) is 3.03. The van der Waals surface area contributed by atoms with Crippen LogP contribution in [-0.2, 0) is 0 Å². The van der Waals surface area contributed by atoms with E-state index in [4.69, 9.17) is 0 Å². The zero-order valence-electron chi connectivity index (χ0n) is 5.57. The topological polar surface area (TPSA) is 36.1 Å². The largest absolute Gasteiger partial charge is 0.357 e. The van der Waals surface area contributed by atoms with Gasteiger partial charge in [0.1, 0.15) is 0 Å². The fraction of sp³-hybridized carbons (Fsp3) is 0.429. The average molecular weight is 135 g/mol. The van der Waals surface area contributed by atoms with Gasteiger partial charge in [0.05, 0.1) is 11.4 Å². The maximum absolute atomic E-state index is 3.29. The van der Waals surface area contributed by atoms with Crippen molar-refractivity contribution in [2.75, 3.05) is 6.54 Å². The van der Waals surface area contributed by atoms with E-state index in [0.29, 0.717) is 0 Å². The molecule has 1 atom stereocenters. The number of hydrogen-bond donors (Lipinski definition) is 3. The Labute approximate surface area is 59.2 Å². The van der Waals surface area contributed by atoms with Crippen LogP contribution in [0.15, 0.2) is 23.2 Å². The van der Waals surface area contributed by atoms with E-state index in [1.165, 1.54) is 23.5 Å². The summed E-state index contributed by atoms with van der Waals surface area (Å²) in [5, 5.41) is 3.29. The first-order valence-corrected chi connectivity index (χ1v) is 3.64. The standard InChI is InChI=1S/C7H9N3/c1-4-3-8-10-7(4)6-2-5(1)9-6/h2,4,8-10H,1,3H2. The van der Waals surface area contributed by atoms with E-state index in [1.54, 1.807) is 0 Å². The molecule has 10 heavy (non-hydrogen) atoms. The molecule has 1 fully saturated rings. The number of nitrogens with one attached hydrogen (secondary N) is 3. The van der Waals surface area contributed by atoms with Gasteiger partial charge in [-0.2, -0.15) is 0 Å². The molecule has 3 aliphatic heterocycles. The highest BCUT2D eigenvalue weighted by atomic mass is 15.4. The number of hydrogen-bond acceptors (Lipinski definition) is 3. The lowest BCUT2D eigenvalue weighted by Crippen LogP contribution is -2.34. The summed E-state index contributed by atoms with van der Waals surface area (Å²) in [6, 6.07) is 0. The Kier molecular flexibility index (Phi) is 0.658. The Balaban J connectivity index is 2.11. The van der Waals surface area contributed by atoms with Crippen molar-refractivity contribution in [3.05, 3.63) is 23.2 Å². The molecule has 3 heterocycles. The maximum Gasteiger partial charge on any atom is 0.0609 e. The molecule has 2 bridgehead atoms. The first-order valence-electron chi connectivity index (χ1n) is 3.64. The highest BCUT2D eigenvalue weighted by Gasteiger charge is 2.33. The second kappa shape index (κ2) is 1.37. The lowest BCUT2D eigenvalue weighted by molar-refractivity contribution is 0.572. The van der Waals surface area contributed by atoms with Gasteiger partial charge in [-0.1, -0.05) is 0 Å². The molecule has 0 amide bonds. The third-order valence-electron chi connectivity index (χ3n) is 2.35. The number of allylic oxidation sites excluding steroid dienone is 2. The smallest absolute Gasteiger partial charge is 0.0609 e. The zero-order chi connectivity index (χ0) is 6.55. The van der Waals surface area contributed by atoms with Crippen LogP contribution in [0.4, 0.5) is 0 Å². The zero-order valence-corrected chi connectivity index (χ0v) is 5.57. The van der Waals surface area contributed by atoms with Crippen molar-refractivity contribution >= 4 is 0 Å². The highest BCUT2D eigenvalue weighted by molar-refractivity contribution is 5.44. The molecule has 3 nitrogen and oxygen atoms in total. The summed E-state index contributed by atoms with van der Waals surface area (Å²) in [7, 11) is 0. The molecule has 0 radical (unpaired) electrons. The van der Waals surface area contributed by atoms with Crippen LogP contribution in [0.25, 0.3) is 0 Å². The summed E-state index contributed by atoms with van der Waals surface area (Å²) in [5.41, 5.74) is 10.4. The normalized spacial score (nSPS) is 33.6. The summed E-state index contributed by atoms with van der Waals surface area (Å²) in [5.74, 6) is 0.719. The van der Waals surface area contributed by atoms with E-state index in [2.05, 4.69) is 22.2 Å². The van der Waals surface area contributed by atoms with E-state index >= 15 is 0 Å². The predicted octanol–water partition coefficient (Wildman–Crippen LogP) is -0.187. The molecule has 0 aromatic carbocycles. The van der Waals surface area contributed by atoms with Gasteiger partial charge < -0.3 is 10.7 Å². The Bertz CT molecular complexity index is 252. The van der Waals surface area contributed by atoms with Gasteiger partial charge in [0, 0.05) is 18.2 Å². The Morgan fingerprint density at radius 3 is 3.20 bits per heavy atom. The predicted molar refractivity (Wildman–Crippen MR) is 37.5 cm³/mol. The van der Waals surface area contributed by atoms with Crippen molar-refractivity contribution in [1.29, 1.82) is 0 Å². The van der Waals surface area contributed by atoms with E-state index in [1.807, 2.05) is 0 Å². The van der Waals surface area contributed by atoms with Gasteiger partial charge in [-0.25, -0.2) is 5.43 Å². The molecule has 4 aliphatic rings. The fourth-order valence-corrected chi connectivity index (χ4v) is 1.80. The SMILES string of the molecule is C1=C2CC3CNNC3=C1N2. The van der Waals surface area contributed by atoms with Gasteiger partial charge in [0.2, 0.25) is 0 Å². The van der Waals surface area contributed by atoms with Crippen LogP contribution in [0.5, 0.6) is 0 Å². The van der Waals surface area contributed by atoms with Crippen LogP contribution in [0.3, 0.4) is 0 Å². The quantitative estimate of drug-likeness (QED) is 0.431. The summed E-state index contributed by atoms with van der Waals surface area (Å²) < 4.78 is 0. The Morgan fingerprint density at radius 1 is 1.50 bits per heavy atom. The molecule has 52 valence electrons. The van der Waals surface area contributed by atoms with Gasteiger partial charge in [0.15, 0.2) is 0 Å². The van der Waals surface area contributed by atoms with E-state index < -0.39 is 0 Å². The summed E-state index contributed by atoms with van der Waals surface area (Å²) in [6.45, 7) is 1.08. The van der Waals surface area contributed by atoms with E-state index in [9.17, 15) is 0 Å². The number of rotatable bonds is 0. The molecule has 3 N–H and O–H groups in total. The molecule has 1 saturated heterocycles. The van der Waals surface area contributed by atoms with Crippen molar-refractivity contribution in [1.82, 2.24) is 16.2 Å². The van der Waals surface area contributed by atoms with Crippen molar-refractivity contribution in [2.24, 2.45) is 5.92 Å². The Morgan fingerprint density at radius 2 is 2.40 bits per heavy atom. The molecular weight excluding hydrogens is 126 g/mol. The molecule has 0 spiro atoms. The minimum Gasteiger partial charge on any atom is -0.357 e. The molecule has 0 aromatic heterocycles. The van der Waals surface area contributed by atoms with Crippen molar-refractivity contribution < 1.29 is 0 Å². The van der Waals surface area contributed by atoms with E-state index in [0.717, 1.165) is 12.5 Å². The maximum atomic E-state index is 3.29. The van der Waals surface area contributed by atoms with Gasteiger partial charge in [0.25, 0.3) is 0 Å². The molecule has 0 aromatic rings. The average Bonchev–Trinajstić information content (AvgIpc) is 2.29. The van der Waals surface area contributed by atoms with Crippen LogP contribution >= 0.6 is 0 Å². The minimum atomic E-state index is 0.719.